The Labute approximate surface area is 91.7 Å². The molecule has 5 nitrogen and oxygen atoms in total. The van der Waals surface area contributed by atoms with Crippen LogP contribution in [0.4, 0.5) is 11.6 Å². The third-order valence-corrected chi connectivity index (χ3v) is 2.25. The second-order valence-corrected chi connectivity index (χ2v) is 3.23. The van der Waals surface area contributed by atoms with Gasteiger partial charge in [-0.25, -0.2) is 0 Å². The van der Waals surface area contributed by atoms with Crippen molar-refractivity contribution < 1.29 is 4.52 Å². The van der Waals surface area contributed by atoms with Crippen LogP contribution in [0.1, 0.15) is 5.56 Å². The predicted molar refractivity (Wildman–Crippen MR) is 60.4 cm³/mol. The molecule has 78 valence electrons. The van der Waals surface area contributed by atoms with Crippen LogP contribution in [0.25, 0.3) is 6.08 Å². The van der Waals surface area contributed by atoms with E-state index in [1.54, 1.807) is 11.2 Å². The van der Waals surface area contributed by atoms with E-state index in [-0.39, 0.29) is 0 Å². The molecule has 0 spiro atoms. The van der Waals surface area contributed by atoms with Crippen LogP contribution in [0.15, 0.2) is 46.4 Å². The van der Waals surface area contributed by atoms with Gasteiger partial charge in [-0.3, -0.25) is 0 Å². The molecule has 0 aliphatic carbocycles. The zero-order chi connectivity index (χ0) is 10.8. The number of allylic oxidation sites excluding steroid dienone is 1. The number of para-hydroxylation sites is 1. The largest absolute Gasteiger partial charge is 0.341 e. The zero-order valence-electron chi connectivity index (χ0n) is 8.32. The summed E-state index contributed by atoms with van der Waals surface area (Å²) in [6, 6.07) is 7.88. The van der Waals surface area contributed by atoms with Gasteiger partial charge in [0.15, 0.2) is 0 Å². The summed E-state index contributed by atoms with van der Waals surface area (Å²) < 4.78 is 4.73. The summed E-state index contributed by atoms with van der Waals surface area (Å²) in [7, 11) is 0. The molecule has 2 heterocycles. The quantitative estimate of drug-likeness (QED) is 0.727. The predicted octanol–water partition coefficient (Wildman–Crippen LogP) is 2.22. The normalized spacial score (nSPS) is 13.6. The van der Waals surface area contributed by atoms with Crippen LogP contribution in [0.5, 0.6) is 0 Å². The molecule has 0 fully saturated rings. The van der Waals surface area contributed by atoms with Gasteiger partial charge in [0.1, 0.15) is 0 Å². The van der Waals surface area contributed by atoms with Crippen molar-refractivity contribution in [1.29, 1.82) is 0 Å². The maximum atomic E-state index is 4.73. The van der Waals surface area contributed by atoms with Gasteiger partial charge in [0.25, 0.3) is 5.95 Å². The lowest BCUT2D eigenvalue weighted by atomic mass is 10.1. The third-order valence-electron chi connectivity index (χ3n) is 2.25. The summed E-state index contributed by atoms with van der Waals surface area (Å²) in [5.41, 5.74) is 1.98. The molecule has 0 amide bonds. The summed E-state index contributed by atoms with van der Waals surface area (Å²) in [6.07, 6.45) is 6.83. The van der Waals surface area contributed by atoms with E-state index in [1.807, 2.05) is 36.4 Å². The topological polar surface area (TPSA) is 54.5 Å². The first-order valence-corrected chi connectivity index (χ1v) is 4.81. The Balaban J connectivity index is 2.15. The molecule has 2 aromatic rings. The zero-order valence-corrected chi connectivity index (χ0v) is 8.32. The molecule has 0 atom stereocenters. The number of benzene rings is 1. The number of hydrogen-bond donors (Lipinski definition) is 0. The first-order chi connectivity index (χ1) is 7.95. The highest BCUT2D eigenvalue weighted by Gasteiger charge is 2.15. The molecule has 1 aliphatic heterocycles. The molecule has 1 aliphatic rings. The minimum Gasteiger partial charge on any atom is -0.341 e. The summed E-state index contributed by atoms with van der Waals surface area (Å²) >= 11 is 0. The number of aromatic nitrogens is 2. The Morgan fingerprint density at radius 3 is 3.00 bits per heavy atom. The van der Waals surface area contributed by atoms with Gasteiger partial charge in [-0.05, 0) is 17.3 Å². The fraction of sp³-hybridized carbons (Fsp3) is 0. The lowest BCUT2D eigenvalue weighted by Gasteiger charge is -2.14. The van der Waals surface area contributed by atoms with E-state index in [4.69, 9.17) is 4.52 Å². The second kappa shape index (κ2) is 3.62. The molecule has 1 aromatic heterocycles. The average Bonchev–Trinajstić information content (AvgIpc) is 2.76. The Morgan fingerprint density at radius 2 is 2.12 bits per heavy atom. The number of hydrogen-bond acceptors (Lipinski definition) is 5. The molecular formula is C11H8N4O. The standard InChI is InChI=1S/C11H8N4O/c1-2-6-10-9(4-1)5-3-7-13-15(10)11-12-8-16-14-11/h1-8H. The lowest BCUT2D eigenvalue weighted by molar-refractivity contribution is 0.417. The van der Waals surface area contributed by atoms with Crippen molar-refractivity contribution in [3.05, 3.63) is 42.3 Å². The molecule has 0 radical (unpaired) electrons. The maximum absolute atomic E-state index is 4.73. The van der Waals surface area contributed by atoms with Crippen LogP contribution >= 0.6 is 0 Å². The Kier molecular flexibility index (Phi) is 2.00. The van der Waals surface area contributed by atoms with Gasteiger partial charge in [0.2, 0.25) is 6.39 Å². The van der Waals surface area contributed by atoms with Crippen molar-refractivity contribution in [2.45, 2.75) is 0 Å². The van der Waals surface area contributed by atoms with E-state index in [2.05, 4.69) is 15.2 Å². The molecule has 5 heteroatoms. The van der Waals surface area contributed by atoms with Crippen molar-refractivity contribution in [3.8, 4) is 0 Å². The van der Waals surface area contributed by atoms with E-state index >= 15 is 0 Å². The molecule has 0 bridgehead atoms. The fourth-order valence-electron chi connectivity index (χ4n) is 1.55. The highest BCUT2D eigenvalue weighted by Crippen LogP contribution is 2.28. The average molecular weight is 212 g/mol. The molecule has 1 aromatic carbocycles. The Hall–Kier alpha value is -2.43. The van der Waals surface area contributed by atoms with E-state index < -0.39 is 0 Å². The van der Waals surface area contributed by atoms with Gasteiger partial charge in [-0.1, -0.05) is 24.3 Å². The van der Waals surface area contributed by atoms with Crippen LogP contribution in [-0.4, -0.2) is 16.4 Å². The number of hydrazone groups is 1. The van der Waals surface area contributed by atoms with E-state index in [0.717, 1.165) is 11.3 Å². The number of fused-ring (bicyclic) bond motifs is 1. The molecule has 0 N–H and O–H groups in total. The van der Waals surface area contributed by atoms with E-state index in [9.17, 15) is 0 Å². The fourth-order valence-corrected chi connectivity index (χ4v) is 1.55. The smallest absolute Gasteiger partial charge is 0.291 e. The van der Waals surface area contributed by atoms with Crippen molar-refractivity contribution in [1.82, 2.24) is 10.1 Å². The van der Waals surface area contributed by atoms with Gasteiger partial charge >= 0.3 is 0 Å². The SMILES string of the molecule is C1=Cc2ccccc2N(c2ncon2)N=C1. The van der Waals surface area contributed by atoms with Crippen LogP contribution in [-0.2, 0) is 0 Å². The van der Waals surface area contributed by atoms with Gasteiger partial charge < -0.3 is 4.52 Å². The molecule has 3 rings (SSSR count). The molecule has 16 heavy (non-hydrogen) atoms. The molecular weight excluding hydrogens is 204 g/mol. The number of nitrogens with zero attached hydrogens (tertiary/aromatic N) is 4. The van der Waals surface area contributed by atoms with E-state index in [1.165, 1.54) is 6.39 Å². The minimum absolute atomic E-state index is 0.424. The highest BCUT2D eigenvalue weighted by atomic mass is 16.5. The molecule has 0 saturated carbocycles. The summed E-state index contributed by atoms with van der Waals surface area (Å²) in [4.78, 5) is 3.99. The van der Waals surface area contributed by atoms with Crippen LogP contribution < -0.4 is 5.01 Å². The van der Waals surface area contributed by atoms with Gasteiger partial charge in [0, 0.05) is 11.8 Å². The summed E-state index contributed by atoms with van der Waals surface area (Å²) in [5.74, 6) is 0.424. The Morgan fingerprint density at radius 1 is 1.19 bits per heavy atom. The maximum Gasteiger partial charge on any atom is 0.291 e. The monoisotopic (exact) mass is 212 g/mol. The number of rotatable bonds is 1. The molecule has 0 unspecified atom stereocenters. The third kappa shape index (κ3) is 1.38. The minimum atomic E-state index is 0.424. The lowest BCUT2D eigenvalue weighted by Crippen LogP contribution is -2.10. The highest BCUT2D eigenvalue weighted by molar-refractivity contribution is 5.86. The number of anilines is 2. The first-order valence-electron chi connectivity index (χ1n) is 4.81. The van der Waals surface area contributed by atoms with Gasteiger partial charge in [-0.15, -0.1) is 0 Å². The van der Waals surface area contributed by atoms with Crippen molar-refractivity contribution in [2.75, 3.05) is 5.01 Å². The first kappa shape index (κ1) is 8.84. The van der Waals surface area contributed by atoms with Gasteiger partial charge in [0.05, 0.1) is 5.69 Å². The van der Waals surface area contributed by atoms with Crippen molar-refractivity contribution in [3.63, 3.8) is 0 Å². The molecule has 0 saturated heterocycles. The van der Waals surface area contributed by atoms with E-state index in [0.29, 0.717) is 5.95 Å². The Bertz CT molecular complexity index is 545. The van der Waals surface area contributed by atoms with Crippen LogP contribution in [0.2, 0.25) is 0 Å². The van der Waals surface area contributed by atoms with Crippen molar-refractivity contribution >= 4 is 23.9 Å². The van der Waals surface area contributed by atoms with Gasteiger partial charge in [-0.2, -0.15) is 15.1 Å². The second-order valence-electron chi connectivity index (χ2n) is 3.23. The summed E-state index contributed by atoms with van der Waals surface area (Å²) in [5, 5.41) is 9.66. The van der Waals surface area contributed by atoms with Crippen LogP contribution in [0, 0.1) is 0 Å². The summed E-state index contributed by atoms with van der Waals surface area (Å²) in [6.45, 7) is 0. The van der Waals surface area contributed by atoms with Crippen LogP contribution in [0.3, 0.4) is 0 Å². The van der Waals surface area contributed by atoms with Crippen molar-refractivity contribution in [2.24, 2.45) is 5.10 Å².